The number of nitrogens with zero attached hydrogens (tertiary/aromatic N) is 1. The van der Waals surface area contributed by atoms with E-state index in [0.717, 1.165) is 3.57 Å². The largest absolute Gasteiger partial charge is 0.486 e. The van der Waals surface area contributed by atoms with Gasteiger partial charge < -0.3 is 14.8 Å². The van der Waals surface area contributed by atoms with Crippen molar-refractivity contribution in [3.05, 3.63) is 51.6 Å². The normalized spacial score (nSPS) is 13.0. The highest BCUT2D eigenvalue weighted by molar-refractivity contribution is 14.1. The third-order valence-electron chi connectivity index (χ3n) is 3.68. The number of hydrogen-bond acceptors (Lipinski definition) is 5. The van der Waals surface area contributed by atoms with Gasteiger partial charge >= 0.3 is 0 Å². The van der Waals surface area contributed by atoms with Gasteiger partial charge in [-0.3, -0.25) is 9.59 Å². The molecule has 2 amide bonds. The van der Waals surface area contributed by atoms with E-state index in [-0.39, 0.29) is 18.2 Å². The van der Waals surface area contributed by atoms with Gasteiger partial charge in [0.1, 0.15) is 13.2 Å². The maximum absolute atomic E-state index is 12.2. The van der Waals surface area contributed by atoms with Gasteiger partial charge in [-0.25, -0.2) is 5.43 Å². The van der Waals surface area contributed by atoms with Crippen LogP contribution in [-0.4, -0.2) is 30.7 Å². The van der Waals surface area contributed by atoms with Crippen LogP contribution in [0.2, 0.25) is 0 Å². The second-order valence-electron chi connectivity index (χ2n) is 5.88. The van der Waals surface area contributed by atoms with Crippen molar-refractivity contribution in [1.82, 2.24) is 5.43 Å². The van der Waals surface area contributed by atoms with E-state index in [4.69, 9.17) is 9.47 Å². The fourth-order valence-electron chi connectivity index (χ4n) is 2.44. The fourth-order valence-corrected chi connectivity index (χ4v) is 2.98. The highest BCUT2D eigenvalue weighted by Crippen LogP contribution is 2.32. The number of fused-ring (bicyclic) bond motifs is 1. The third kappa shape index (κ3) is 5.43. The van der Waals surface area contributed by atoms with E-state index in [9.17, 15) is 9.59 Å². The lowest BCUT2D eigenvalue weighted by Gasteiger charge is -2.19. The molecule has 0 aromatic heterocycles. The van der Waals surface area contributed by atoms with E-state index in [1.807, 2.05) is 6.07 Å². The van der Waals surface area contributed by atoms with Crippen molar-refractivity contribution in [2.75, 3.05) is 18.5 Å². The number of nitrogens with one attached hydrogen (secondary N) is 2. The summed E-state index contributed by atoms with van der Waals surface area (Å²) < 4.78 is 11.9. The van der Waals surface area contributed by atoms with Crippen LogP contribution in [0.1, 0.15) is 23.7 Å². The van der Waals surface area contributed by atoms with E-state index in [2.05, 4.69) is 38.4 Å². The lowest BCUT2D eigenvalue weighted by Crippen LogP contribution is -2.21. The second-order valence-corrected chi connectivity index (χ2v) is 7.13. The first kappa shape index (κ1) is 19.2. The number of amides is 2. The molecule has 8 heteroatoms. The van der Waals surface area contributed by atoms with E-state index >= 15 is 0 Å². The van der Waals surface area contributed by atoms with Gasteiger partial charge in [-0.2, -0.15) is 5.10 Å². The Morgan fingerprint density at radius 2 is 1.89 bits per heavy atom. The van der Waals surface area contributed by atoms with E-state index in [1.165, 1.54) is 0 Å². The Balaban J connectivity index is 1.54. The first-order chi connectivity index (χ1) is 13.0. The number of anilines is 1. The SMILES string of the molecule is CC(CC(=O)Nc1ccc2c(c1)OCCO2)=NNC(=O)c1cccc(I)c1. The highest BCUT2D eigenvalue weighted by Gasteiger charge is 2.13. The molecule has 0 saturated heterocycles. The zero-order valence-electron chi connectivity index (χ0n) is 14.6. The predicted octanol–water partition coefficient (Wildman–Crippen LogP) is 3.20. The van der Waals surface area contributed by atoms with Crippen LogP contribution in [-0.2, 0) is 4.79 Å². The van der Waals surface area contributed by atoms with Crippen molar-refractivity contribution in [2.45, 2.75) is 13.3 Å². The van der Waals surface area contributed by atoms with Gasteiger partial charge in [-0.05, 0) is 59.8 Å². The van der Waals surface area contributed by atoms with Gasteiger partial charge in [-0.15, -0.1) is 0 Å². The number of carbonyl (C=O) groups is 2. The molecule has 0 atom stereocenters. The Morgan fingerprint density at radius 1 is 1.11 bits per heavy atom. The molecule has 2 N–H and O–H groups in total. The minimum atomic E-state index is -0.319. The van der Waals surface area contributed by atoms with Crippen LogP contribution in [0.5, 0.6) is 11.5 Å². The molecular formula is C19H18IN3O4. The molecule has 0 unspecified atom stereocenters. The number of hydrazone groups is 1. The zero-order chi connectivity index (χ0) is 19.2. The topological polar surface area (TPSA) is 89.0 Å². The quantitative estimate of drug-likeness (QED) is 0.392. The average Bonchev–Trinajstić information content (AvgIpc) is 2.66. The first-order valence-electron chi connectivity index (χ1n) is 8.30. The summed E-state index contributed by atoms with van der Waals surface area (Å²) in [6.45, 7) is 2.68. The molecule has 2 aromatic rings. The van der Waals surface area contributed by atoms with Crippen LogP contribution in [0, 0.1) is 3.57 Å². The Bertz CT molecular complexity index is 898. The molecular weight excluding hydrogens is 461 g/mol. The smallest absolute Gasteiger partial charge is 0.271 e. The van der Waals surface area contributed by atoms with E-state index in [1.54, 1.807) is 43.3 Å². The molecule has 1 aliphatic rings. The molecule has 1 heterocycles. The standard InChI is InChI=1S/C19H18IN3O4/c1-12(22-23-19(25)13-3-2-4-14(20)10-13)9-18(24)21-15-5-6-16-17(11-15)27-8-7-26-16/h2-6,10-11H,7-9H2,1H3,(H,21,24)(H,23,25). The number of carbonyl (C=O) groups excluding carboxylic acids is 2. The minimum absolute atomic E-state index is 0.0566. The number of benzene rings is 2. The summed E-state index contributed by atoms with van der Waals surface area (Å²) in [5, 5.41) is 6.77. The van der Waals surface area contributed by atoms with Crippen LogP contribution in [0.4, 0.5) is 5.69 Å². The summed E-state index contributed by atoms with van der Waals surface area (Å²) in [6.07, 6.45) is 0.0566. The van der Waals surface area contributed by atoms with Gasteiger partial charge in [0.05, 0.1) is 6.42 Å². The zero-order valence-corrected chi connectivity index (χ0v) is 16.8. The molecule has 0 spiro atoms. The minimum Gasteiger partial charge on any atom is -0.486 e. The van der Waals surface area contributed by atoms with Gasteiger partial charge in [0.15, 0.2) is 11.5 Å². The predicted molar refractivity (Wildman–Crippen MR) is 110 cm³/mol. The molecule has 0 bridgehead atoms. The molecule has 0 fully saturated rings. The van der Waals surface area contributed by atoms with Crippen LogP contribution >= 0.6 is 22.6 Å². The van der Waals surface area contributed by atoms with Gasteiger partial charge in [0, 0.05) is 26.6 Å². The lowest BCUT2D eigenvalue weighted by atomic mass is 10.2. The van der Waals surface area contributed by atoms with Crippen molar-refractivity contribution >= 4 is 45.8 Å². The Morgan fingerprint density at radius 3 is 2.67 bits per heavy atom. The average molecular weight is 479 g/mol. The third-order valence-corrected chi connectivity index (χ3v) is 4.35. The van der Waals surface area contributed by atoms with Crippen molar-refractivity contribution < 1.29 is 19.1 Å². The van der Waals surface area contributed by atoms with Gasteiger partial charge in [0.2, 0.25) is 5.91 Å². The van der Waals surface area contributed by atoms with E-state index < -0.39 is 0 Å². The molecule has 2 aromatic carbocycles. The summed E-state index contributed by atoms with van der Waals surface area (Å²) in [5.41, 5.74) is 4.08. The van der Waals surface area contributed by atoms with E-state index in [0.29, 0.717) is 41.7 Å². The molecule has 27 heavy (non-hydrogen) atoms. The monoisotopic (exact) mass is 479 g/mol. The summed E-state index contributed by atoms with van der Waals surface area (Å²) in [5.74, 6) is 0.709. The van der Waals surface area contributed by atoms with Crippen LogP contribution in [0.15, 0.2) is 47.6 Å². The lowest BCUT2D eigenvalue weighted by molar-refractivity contribution is -0.115. The maximum Gasteiger partial charge on any atom is 0.271 e. The van der Waals surface area contributed by atoms with Crippen LogP contribution in [0.25, 0.3) is 0 Å². The van der Waals surface area contributed by atoms with Crippen molar-refractivity contribution in [1.29, 1.82) is 0 Å². The van der Waals surface area contributed by atoms with Crippen molar-refractivity contribution in [3.8, 4) is 11.5 Å². The van der Waals surface area contributed by atoms with Crippen molar-refractivity contribution in [3.63, 3.8) is 0 Å². The van der Waals surface area contributed by atoms with Gasteiger partial charge in [0.25, 0.3) is 5.91 Å². The molecule has 0 saturated carbocycles. The number of halogens is 1. The first-order valence-corrected chi connectivity index (χ1v) is 9.38. The second kappa shape index (κ2) is 8.85. The Labute approximate surface area is 170 Å². The maximum atomic E-state index is 12.2. The number of ether oxygens (including phenoxy) is 2. The summed E-state index contributed by atoms with van der Waals surface area (Å²) in [6, 6.07) is 12.4. The molecule has 0 aliphatic carbocycles. The molecule has 3 rings (SSSR count). The number of rotatable bonds is 5. The molecule has 140 valence electrons. The summed E-state index contributed by atoms with van der Waals surface area (Å²) >= 11 is 2.13. The van der Waals surface area contributed by atoms with Crippen LogP contribution < -0.4 is 20.2 Å². The summed E-state index contributed by atoms with van der Waals surface area (Å²) in [7, 11) is 0. The van der Waals surface area contributed by atoms with Gasteiger partial charge in [-0.1, -0.05) is 6.07 Å². The Kier molecular flexibility index (Phi) is 6.28. The Hall–Kier alpha value is -2.62. The van der Waals surface area contributed by atoms with Crippen molar-refractivity contribution in [2.24, 2.45) is 5.10 Å². The summed E-state index contributed by atoms with van der Waals surface area (Å²) in [4.78, 5) is 24.2. The highest BCUT2D eigenvalue weighted by atomic mass is 127. The molecule has 1 aliphatic heterocycles. The molecule has 7 nitrogen and oxygen atoms in total. The number of hydrogen-bond donors (Lipinski definition) is 2. The fraction of sp³-hybridized carbons (Fsp3) is 0.211. The van der Waals surface area contributed by atoms with Crippen LogP contribution in [0.3, 0.4) is 0 Å². The molecule has 0 radical (unpaired) electrons.